The number of aryl methyl sites for hydroxylation is 1. The van der Waals surface area contributed by atoms with Crippen molar-refractivity contribution in [1.82, 2.24) is 0 Å². The molecule has 0 spiro atoms. The van der Waals surface area contributed by atoms with Crippen molar-refractivity contribution in [3.05, 3.63) is 23.8 Å². The molecule has 0 fully saturated rings. The Labute approximate surface area is 145 Å². The molecule has 2 atom stereocenters. The first-order valence-electron chi connectivity index (χ1n) is 8.78. The molecular formula is C19H32O5. The van der Waals surface area contributed by atoms with Gasteiger partial charge in [0.25, 0.3) is 0 Å². The summed E-state index contributed by atoms with van der Waals surface area (Å²) in [5, 5.41) is 28.6. The average Bonchev–Trinajstić information content (AvgIpc) is 2.59. The Morgan fingerprint density at radius 2 is 1.79 bits per heavy atom. The number of aromatic hydroxyl groups is 1. The molecule has 0 bridgehead atoms. The van der Waals surface area contributed by atoms with E-state index in [1.807, 2.05) is 6.07 Å². The smallest absolute Gasteiger partial charge is 0.160 e. The highest BCUT2D eigenvalue weighted by molar-refractivity contribution is 5.41. The number of aliphatic hydroxyl groups is 2. The molecule has 5 nitrogen and oxygen atoms in total. The fourth-order valence-electron chi connectivity index (χ4n) is 2.80. The van der Waals surface area contributed by atoms with Crippen LogP contribution in [-0.4, -0.2) is 48.4 Å². The van der Waals surface area contributed by atoms with E-state index in [1.165, 1.54) is 7.11 Å². The zero-order valence-electron chi connectivity index (χ0n) is 14.9. The number of ether oxygens (including phenoxy) is 2. The van der Waals surface area contributed by atoms with Gasteiger partial charge in [0.1, 0.15) is 0 Å². The summed E-state index contributed by atoms with van der Waals surface area (Å²) in [5.74, 6) is 0.585. The normalized spacial score (nSPS) is 13.7. The first-order valence-corrected chi connectivity index (χ1v) is 8.78. The number of hydrogen-bond donors (Lipinski definition) is 3. The molecule has 3 N–H and O–H groups in total. The second kappa shape index (κ2) is 12.1. The molecule has 1 rings (SSSR count). The van der Waals surface area contributed by atoms with Gasteiger partial charge in [-0.15, -0.1) is 0 Å². The van der Waals surface area contributed by atoms with Crippen molar-refractivity contribution in [2.45, 2.75) is 63.6 Å². The van der Waals surface area contributed by atoms with Crippen molar-refractivity contribution in [3.8, 4) is 11.5 Å². The van der Waals surface area contributed by atoms with E-state index < -0.39 is 6.10 Å². The van der Waals surface area contributed by atoms with E-state index in [1.54, 1.807) is 19.2 Å². The third-order valence-electron chi connectivity index (χ3n) is 4.31. The van der Waals surface area contributed by atoms with E-state index in [-0.39, 0.29) is 18.5 Å². The monoisotopic (exact) mass is 340 g/mol. The Morgan fingerprint density at radius 3 is 2.46 bits per heavy atom. The van der Waals surface area contributed by atoms with Crippen molar-refractivity contribution < 1.29 is 24.8 Å². The van der Waals surface area contributed by atoms with E-state index in [4.69, 9.17) is 14.6 Å². The van der Waals surface area contributed by atoms with Crippen LogP contribution < -0.4 is 4.74 Å². The van der Waals surface area contributed by atoms with Crippen LogP contribution in [0.2, 0.25) is 0 Å². The van der Waals surface area contributed by atoms with Crippen LogP contribution in [0.1, 0.15) is 50.5 Å². The summed E-state index contributed by atoms with van der Waals surface area (Å²) in [5.41, 5.74) is 1.03. The third kappa shape index (κ3) is 7.99. The Morgan fingerprint density at radius 1 is 1.04 bits per heavy atom. The fourth-order valence-corrected chi connectivity index (χ4v) is 2.80. The Hall–Kier alpha value is -1.30. The summed E-state index contributed by atoms with van der Waals surface area (Å²) in [7, 11) is 3.22. The topological polar surface area (TPSA) is 79.2 Å². The second-order valence-electron chi connectivity index (χ2n) is 6.22. The van der Waals surface area contributed by atoms with Crippen molar-refractivity contribution in [2.75, 3.05) is 20.8 Å². The largest absolute Gasteiger partial charge is 0.504 e. The number of phenols is 1. The van der Waals surface area contributed by atoms with Crippen molar-refractivity contribution in [1.29, 1.82) is 0 Å². The van der Waals surface area contributed by atoms with E-state index in [0.717, 1.165) is 44.1 Å². The highest BCUT2D eigenvalue weighted by atomic mass is 16.5. The predicted octanol–water partition coefficient (Wildman–Crippen LogP) is 3.04. The maximum absolute atomic E-state index is 10.2. The lowest BCUT2D eigenvalue weighted by molar-refractivity contribution is 0.0360. The molecule has 0 radical (unpaired) electrons. The third-order valence-corrected chi connectivity index (χ3v) is 4.31. The Bertz CT molecular complexity index is 449. The van der Waals surface area contributed by atoms with Crippen LogP contribution in [0.4, 0.5) is 0 Å². The lowest BCUT2D eigenvalue weighted by Crippen LogP contribution is -2.20. The zero-order valence-corrected chi connectivity index (χ0v) is 14.9. The predicted molar refractivity (Wildman–Crippen MR) is 94.6 cm³/mol. The van der Waals surface area contributed by atoms with E-state index in [9.17, 15) is 10.2 Å². The molecule has 0 saturated heterocycles. The van der Waals surface area contributed by atoms with Crippen LogP contribution >= 0.6 is 0 Å². The van der Waals surface area contributed by atoms with Gasteiger partial charge in [-0.2, -0.15) is 0 Å². The Kier molecular flexibility index (Phi) is 10.5. The standard InChI is InChI=1S/C19H32O5/c1-23-17(7-5-3-4-6-12-20)14-16(21)10-8-15-9-11-18(22)19(13-15)24-2/h9,11,13,16-17,20-22H,3-8,10,12,14H2,1-2H3. The van der Waals surface area contributed by atoms with E-state index in [2.05, 4.69) is 0 Å². The van der Waals surface area contributed by atoms with Gasteiger partial charge in [-0.05, 0) is 49.8 Å². The minimum atomic E-state index is -0.410. The van der Waals surface area contributed by atoms with Gasteiger partial charge in [-0.25, -0.2) is 0 Å². The van der Waals surface area contributed by atoms with Crippen LogP contribution in [0, 0.1) is 0 Å². The SMILES string of the molecule is COc1cc(CCC(O)CC(CCCCCCO)OC)ccc1O. The molecular weight excluding hydrogens is 308 g/mol. The van der Waals surface area contributed by atoms with Crippen molar-refractivity contribution in [2.24, 2.45) is 0 Å². The van der Waals surface area contributed by atoms with Crippen LogP contribution in [0.15, 0.2) is 18.2 Å². The van der Waals surface area contributed by atoms with E-state index in [0.29, 0.717) is 18.6 Å². The lowest BCUT2D eigenvalue weighted by Gasteiger charge is -2.19. The molecule has 0 amide bonds. The molecule has 0 aliphatic rings. The van der Waals surface area contributed by atoms with Gasteiger partial charge in [0.05, 0.1) is 19.3 Å². The van der Waals surface area contributed by atoms with Gasteiger partial charge in [0, 0.05) is 13.7 Å². The van der Waals surface area contributed by atoms with Gasteiger partial charge in [0.15, 0.2) is 11.5 Å². The minimum Gasteiger partial charge on any atom is -0.504 e. The maximum Gasteiger partial charge on any atom is 0.160 e. The Balaban J connectivity index is 2.31. The molecule has 1 aromatic carbocycles. The summed E-state index contributed by atoms with van der Waals surface area (Å²) in [6.45, 7) is 0.258. The number of benzene rings is 1. The van der Waals surface area contributed by atoms with Gasteiger partial charge in [-0.1, -0.05) is 25.3 Å². The highest BCUT2D eigenvalue weighted by Gasteiger charge is 2.14. The van der Waals surface area contributed by atoms with Crippen LogP contribution in [0.25, 0.3) is 0 Å². The molecule has 0 aromatic heterocycles. The second-order valence-corrected chi connectivity index (χ2v) is 6.22. The van der Waals surface area contributed by atoms with Crippen LogP contribution in [0.5, 0.6) is 11.5 Å². The van der Waals surface area contributed by atoms with Gasteiger partial charge in [0.2, 0.25) is 0 Å². The molecule has 1 aromatic rings. The molecule has 5 heteroatoms. The number of methoxy groups -OCH3 is 2. The van der Waals surface area contributed by atoms with E-state index >= 15 is 0 Å². The number of unbranched alkanes of at least 4 members (excludes halogenated alkanes) is 3. The highest BCUT2D eigenvalue weighted by Crippen LogP contribution is 2.27. The van der Waals surface area contributed by atoms with Crippen molar-refractivity contribution >= 4 is 0 Å². The number of rotatable bonds is 13. The molecule has 24 heavy (non-hydrogen) atoms. The van der Waals surface area contributed by atoms with Gasteiger partial charge < -0.3 is 24.8 Å². The molecule has 2 unspecified atom stereocenters. The molecule has 0 aliphatic heterocycles. The maximum atomic E-state index is 10.2. The summed E-state index contributed by atoms with van der Waals surface area (Å²) < 4.78 is 10.6. The zero-order chi connectivity index (χ0) is 17.8. The first-order chi connectivity index (χ1) is 11.6. The van der Waals surface area contributed by atoms with Crippen LogP contribution in [-0.2, 0) is 11.2 Å². The minimum absolute atomic E-state index is 0.0727. The van der Waals surface area contributed by atoms with Gasteiger partial charge >= 0.3 is 0 Å². The number of phenolic OH excluding ortho intramolecular Hbond substituents is 1. The quantitative estimate of drug-likeness (QED) is 0.481. The first kappa shape index (κ1) is 20.7. The molecule has 0 saturated carbocycles. The molecule has 138 valence electrons. The average molecular weight is 340 g/mol. The summed E-state index contributed by atoms with van der Waals surface area (Å²) in [4.78, 5) is 0. The molecule has 0 heterocycles. The lowest BCUT2D eigenvalue weighted by atomic mass is 9.99. The van der Waals surface area contributed by atoms with Gasteiger partial charge in [-0.3, -0.25) is 0 Å². The number of hydrogen-bond acceptors (Lipinski definition) is 5. The molecule has 0 aliphatic carbocycles. The van der Waals surface area contributed by atoms with Crippen LogP contribution in [0.3, 0.4) is 0 Å². The summed E-state index contributed by atoms with van der Waals surface area (Å²) in [6.07, 6.45) is 6.65. The summed E-state index contributed by atoms with van der Waals surface area (Å²) in [6, 6.07) is 5.27. The fraction of sp³-hybridized carbons (Fsp3) is 0.684. The number of aliphatic hydroxyl groups excluding tert-OH is 2. The van der Waals surface area contributed by atoms with Crippen molar-refractivity contribution in [3.63, 3.8) is 0 Å². The summed E-state index contributed by atoms with van der Waals surface area (Å²) >= 11 is 0.